The van der Waals surface area contributed by atoms with Crippen molar-refractivity contribution in [1.82, 2.24) is 20.1 Å². The van der Waals surface area contributed by atoms with Crippen LogP contribution >= 0.6 is 0 Å². The molecule has 1 spiro atoms. The molecule has 2 aromatic rings. The molecule has 0 bridgehead atoms. The molecule has 0 saturated carbocycles. The molecule has 0 aliphatic carbocycles. The summed E-state index contributed by atoms with van der Waals surface area (Å²) in [6, 6.07) is 5.54. The molecule has 254 valence electrons. The maximum atomic E-state index is 12.9. The van der Waals surface area contributed by atoms with Crippen LogP contribution in [0.1, 0.15) is 75.7 Å². The van der Waals surface area contributed by atoms with Crippen LogP contribution in [-0.2, 0) is 19.0 Å². The fourth-order valence-electron chi connectivity index (χ4n) is 7.30. The monoisotopic (exact) mass is 642 g/mol. The van der Waals surface area contributed by atoms with E-state index in [9.17, 15) is 24.6 Å². The first-order valence-electron chi connectivity index (χ1n) is 16.5. The highest BCUT2D eigenvalue weighted by Gasteiger charge is 2.52. The third kappa shape index (κ3) is 7.35. The van der Waals surface area contributed by atoms with Gasteiger partial charge in [0.25, 0.3) is 5.91 Å². The van der Waals surface area contributed by atoms with Gasteiger partial charge in [0.15, 0.2) is 5.60 Å². The van der Waals surface area contributed by atoms with Crippen LogP contribution in [0, 0.1) is 12.8 Å². The van der Waals surface area contributed by atoms with E-state index in [2.05, 4.69) is 15.2 Å². The molecule has 46 heavy (non-hydrogen) atoms. The van der Waals surface area contributed by atoms with Crippen molar-refractivity contribution < 1.29 is 38.8 Å². The number of ether oxygens (including phenoxy) is 3. The maximum absolute atomic E-state index is 12.9. The van der Waals surface area contributed by atoms with Crippen molar-refractivity contribution in [1.29, 1.82) is 0 Å². The number of aliphatic hydroxyl groups is 1. The third-order valence-corrected chi connectivity index (χ3v) is 9.89. The summed E-state index contributed by atoms with van der Waals surface area (Å²) >= 11 is 0. The summed E-state index contributed by atoms with van der Waals surface area (Å²) in [5, 5.41) is 25.2. The van der Waals surface area contributed by atoms with Crippen LogP contribution in [-0.4, -0.2) is 118 Å². The molecule has 4 heterocycles. The van der Waals surface area contributed by atoms with Gasteiger partial charge in [0.05, 0.1) is 31.0 Å². The second-order valence-electron chi connectivity index (χ2n) is 14.4. The van der Waals surface area contributed by atoms with Gasteiger partial charge in [0.1, 0.15) is 5.60 Å². The molecule has 1 aromatic carbocycles. The van der Waals surface area contributed by atoms with Crippen LogP contribution < -0.4 is 5.32 Å². The van der Waals surface area contributed by atoms with Gasteiger partial charge >= 0.3 is 12.1 Å². The Bertz CT molecular complexity index is 1420. The Labute approximate surface area is 270 Å². The summed E-state index contributed by atoms with van der Waals surface area (Å²) in [4.78, 5) is 45.7. The van der Waals surface area contributed by atoms with Gasteiger partial charge in [-0.2, -0.15) is 0 Å². The number of carbonyl (C=O) groups excluding carboxylic acids is 2. The van der Waals surface area contributed by atoms with Crippen molar-refractivity contribution in [3.05, 3.63) is 35.5 Å². The van der Waals surface area contributed by atoms with Gasteiger partial charge in [-0.1, -0.05) is 6.92 Å². The topological polar surface area (TPSA) is 154 Å². The molecule has 3 fully saturated rings. The molecule has 3 aliphatic rings. The number of hydrogen-bond donors (Lipinski definition) is 4. The number of nitrogens with zero attached hydrogens (tertiary/aromatic N) is 2. The van der Waals surface area contributed by atoms with E-state index in [0.29, 0.717) is 64.2 Å². The lowest BCUT2D eigenvalue weighted by atomic mass is 9.78. The molecule has 12 nitrogen and oxygen atoms in total. The molecular weight excluding hydrogens is 592 g/mol. The zero-order valence-corrected chi connectivity index (χ0v) is 27.8. The van der Waals surface area contributed by atoms with Crippen LogP contribution in [0.3, 0.4) is 0 Å². The van der Waals surface area contributed by atoms with Crippen molar-refractivity contribution in [2.45, 2.75) is 95.7 Å². The number of fused-ring (bicyclic) bond motifs is 1. The van der Waals surface area contributed by atoms with Crippen LogP contribution in [0.5, 0.6) is 0 Å². The number of morpholine rings is 1. The fourth-order valence-corrected chi connectivity index (χ4v) is 7.30. The summed E-state index contributed by atoms with van der Waals surface area (Å²) in [6.45, 7) is 12.5. The molecule has 5 rings (SSSR count). The van der Waals surface area contributed by atoms with Gasteiger partial charge in [0.2, 0.25) is 0 Å². The number of likely N-dealkylation sites (tertiary alicyclic amines) is 1. The van der Waals surface area contributed by atoms with Gasteiger partial charge in [-0.25, -0.2) is 9.59 Å². The van der Waals surface area contributed by atoms with E-state index in [1.807, 2.05) is 59.0 Å². The van der Waals surface area contributed by atoms with Crippen LogP contribution in [0.15, 0.2) is 24.4 Å². The summed E-state index contributed by atoms with van der Waals surface area (Å²) < 4.78 is 17.9. The van der Waals surface area contributed by atoms with E-state index in [4.69, 9.17) is 14.2 Å². The number of aromatic nitrogens is 1. The Kier molecular flexibility index (Phi) is 10.0. The number of benzene rings is 1. The molecule has 2 amide bonds. The number of aliphatic carboxylic acids is 1. The van der Waals surface area contributed by atoms with Crippen molar-refractivity contribution in [3.8, 4) is 0 Å². The summed E-state index contributed by atoms with van der Waals surface area (Å²) in [5.41, 5.74) is 0.0333. The molecule has 1 aromatic heterocycles. The van der Waals surface area contributed by atoms with Crippen molar-refractivity contribution >= 4 is 28.9 Å². The molecule has 0 radical (unpaired) electrons. The quantitative estimate of drug-likeness (QED) is 0.321. The number of carboxylic acids is 1. The lowest BCUT2D eigenvalue weighted by Crippen LogP contribution is -2.61. The van der Waals surface area contributed by atoms with Gasteiger partial charge in [0, 0.05) is 68.2 Å². The highest BCUT2D eigenvalue weighted by molar-refractivity contribution is 5.99. The Hall–Kier alpha value is -3.19. The zero-order valence-electron chi connectivity index (χ0n) is 27.8. The number of carboxylic acid groups (broad SMARTS) is 1. The summed E-state index contributed by atoms with van der Waals surface area (Å²) in [5.74, 6) is -1.52. The fraction of sp³-hybridized carbons (Fsp3) is 0.676. The average Bonchev–Trinajstić information content (AvgIpc) is 3.64. The largest absolute Gasteiger partial charge is 0.479 e. The van der Waals surface area contributed by atoms with Gasteiger partial charge < -0.3 is 39.6 Å². The molecule has 3 saturated heterocycles. The first-order chi connectivity index (χ1) is 21.7. The maximum Gasteiger partial charge on any atom is 0.410 e. The summed E-state index contributed by atoms with van der Waals surface area (Å²) in [6.07, 6.45) is 2.57. The SMILES string of the molecule is Cc1cc(C(=O)NC[C@@H](O)CC2CC[C@@H](C)[C@](CCN3CCOCC34CCN(C(=O)OC(C)(C)C)C4)(C(=O)O)O2)cc2cc[nH]c12. The minimum atomic E-state index is -1.42. The molecule has 3 aliphatic heterocycles. The highest BCUT2D eigenvalue weighted by Crippen LogP contribution is 2.40. The molecular formula is C34H50N4O8. The average molecular weight is 643 g/mol. The van der Waals surface area contributed by atoms with Crippen molar-refractivity contribution in [2.75, 3.05) is 45.9 Å². The highest BCUT2D eigenvalue weighted by atomic mass is 16.6. The Morgan fingerprint density at radius 3 is 2.74 bits per heavy atom. The van der Waals surface area contributed by atoms with E-state index in [1.165, 1.54) is 0 Å². The third-order valence-electron chi connectivity index (χ3n) is 9.89. The Morgan fingerprint density at radius 1 is 1.22 bits per heavy atom. The zero-order chi connectivity index (χ0) is 33.3. The minimum absolute atomic E-state index is 0.0307. The predicted octanol–water partition coefficient (Wildman–Crippen LogP) is 3.70. The number of amides is 2. The Morgan fingerprint density at radius 2 is 2.00 bits per heavy atom. The van der Waals surface area contributed by atoms with E-state index < -0.39 is 34.9 Å². The van der Waals surface area contributed by atoms with Gasteiger partial charge in [-0.05, 0) is 76.6 Å². The number of carbonyl (C=O) groups is 3. The van der Waals surface area contributed by atoms with Crippen LogP contribution in [0.4, 0.5) is 4.79 Å². The van der Waals surface area contributed by atoms with Crippen molar-refractivity contribution in [2.24, 2.45) is 5.92 Å². The van der Waals surface area contributed by atoms with Crippen molar-refractivity contribution in [3.63, 3.8) is 0 Å². The number of rotatable bonds is 9. The smallest absolute Gasteiger partial charge is 0.410 e. The number of aliphatic hydroxyl groups excluding tert-OH is 1. The molecule has 12 heteroatoms. The number of nitrogens with one attached hydrogen (secondary N) is 2. The molecule has 4 N–H and O–H groups in total. The second-order valence-corrected chi connectivity index (χ2v) is 14.4. The van der Waals surface area contributed by atoms with Crippen LogP contribution in [0.25, 0.3) is 10.9 Å². The van der Waals surface area contributed by atoms with E-state index >= 15 is 0 Å². The number of aryl methyl sites for hydroxylation is 1. The molecule has 2 unspecified atom stereocenters. The predicted molar refractivity (Wildman–Crippen MR) is 172 cm³/mol. The van der Waals surface area contributed by atoms with E-state index in [0.717, 1.165) is 16.5 Å². The van der Waals surface area contributed by atoms with E-state index in [-0.39, 0.29) is 37.3 Å². The lowest BCUT2D eigenvalue weighted by Gasteiger charge is -2.48. The minimum Gasteiger partial charge on any atom is -0.479 e. The lowest BCUT2D eigenvalue weighted by molar-refractivity contribution is -0.204. The first kappa shape index (κ1) is 34.2. The van der Waals surface area contributed by atoms with Gasteiger partial charge in [-0.15, -0.1) is 0 Å². The summed E-state index contributed by atoms with van der Waals surface area (Å²) in [7, 11) is 0. The van der Waals surface area contributed by atoms with E-state index in [1.54, 1.807) is 4.90 Å². The number of aromatic amines is 1. The van der Waals surface area contributed by atoms with Crippen LogP contribution in [0.2, 0.25) is 0 Å². The number of hydrogen-bond acceptors (Lipinski definition) is 8. The normalized spacial score (nSPS) is 28.0. The second kappa shape index (κ2) is 13.5. The first-order valence-corrected chi connectivity index (χ1v) is 16.5. The Balaban J connectivity index is 1.19. The van der Waals surface area contributed by atoms with Gasteiger partial charge in [-0.3, -0.25) is 9.69 Å². The molecule has 5 atom stereocenters. The number of H-pyrrole nitrogens is 1. The standard InChI is InChI=1S/C34H50N4O8/c1-22-16-25(17-24-8-11-35-28(22)24)29(40)36-19-26(39)18-27-7-6-23(2)34(45-27,30(41)42)10-13-38-14-15-44-21-33(38)9-12-37(20-33)31(43)46-32(3,4)5/h8,11,16-17,23,26-27,35,39H,6-7,9-10,12-15,18-21H2,1-5H3,(H,36,40)(H,41,42)/t23-,26+,27?,33?,34-/m1/s1.